The molecule has 1 aromatic heterocycles. The van der Waals surface area contributed by atoms with Crippen molar-refractivity contribution in [2.75, 3.05) is 5.75 Å². The highest BCUT2D eigenvalue weighted by Crippen LogP contribution is 2.26. The Labute approximate surface area is 123 Å². The first kappa shape index (κ1) is 14.9. The Bertz CT molecular complexity index is 620. The van der Waals surface area contributed by atoms with E-state index in [0.717, 1.165) is 34.7 Å². The Hall–Kier alpha value is -1.49. The lowest BCUT2D eigenvalue weighted by Gasteiger charge is -2.10. The number of carboxylic acid groups (broad SMARTS) is 1. The second-order valence-electron chi connectivity index (χ2n) is 5.35. The number of hydrogen-bond donors (Lipinski definition) is 1. The maximum atomic E-state index is 10.8. The van der Waals surface area contributed by atoms with E-state index < -0.39 is 5.97 Å². The summed E-state index contributed by atoms with van der Waals surface area (Å²) in [6.07, 6.45) is 1.06. The molecule has 20 heavy (non-hydrogen) atoms. The summed E-state index contributed by atoms with van der Waals surface area (Å²) in [5.74, 6) is -0.159. The van der Waals surface area contributed by atoms with E-state index in [1.807, 2.05) is 19.1 Å². The summed E-state index contributed by atoms with van der Waals surface area (Å²) in [6.45, 7) is 7.29. The summed E-state index contributed by atoms with van der Waals surface area (Å²) >= 11 is 1.29. The number of thioether (sulfide) groups is 1. The number of rotatable bonds is 6. The SMILES string of the molecule is Cc1cccc2c1nc(SCC(=O)O)n2CCC(C)C. The molecule has 0 bridgehead atoms. The molecule has 1 aromatic carbocycles. The summed E-state index contributed by atoms with van der Waals surface area (Å²) in [4.78, 5) is 15.4. The van der Waals surface area contributed by atoms with Crippen LogP contribution in [0.5, 0.6) is 0 Å². The van der Waals surface area contributed by atoms with Gasteiger partial charge in [0.2, 0.25) is 0 Å². The van der Waals surface area contributed by atoms with E-state index in [-0.39, 0.29) is 5.75 Å². The van der Waals surface area contributed by atoms with Crippen LogP contribution >= 0.6 is 11.8 Å². The topological polar surface area (TPSA) is 55.1 Å². The van der Waals surface area contributed by atoms with Gasteiger partial charge in [-0.2, -0.15) is 0 Å². The first-order valence-corrected chi connectivity index (χ1v) is 7.78. The molecule has 0 saturated heterocycles. The van der Waals surface area contributed by atoms with Gasteiger partial charge < -0.3 is 9.67 Å². The smallest absolute Gasteiger partial charge is 0.313 e. The zero-order valence-corrected chi connectivity index (χ0v) is 12.9. The summed E-state index contributed by atoms with van der Waals surface area (Å²) in [6, 6.07) is 6.12. The Morgan fingerprint density at radius 2 is 2.20 bits per heavy atom. The molecule has 0 saturated carbocycles. The molecule has 2 aromatic rings. The van der Waals surface area contributed by atoms with E-state index in [0.29, 0.717) is 5.92 Å². The highest BCUT2D eigenvalue weighted by atomic mass is 32.2. The number of aliphatic carboxylic acids is 1. The predicted molar refractivity (Wildman–Crippen MR) is 82.3 cm³/mol. The molecule has 0 fully saturated rings. The van der Waals surface area contributed by atoms with E-state index in [4.69, 9.17) is 5.11 Å². The molecular weight excluding hydrogens is 272 g/mol. The number of carbonyl (C=O) groups is 1. The predicted octanol–water partition coefficient (Wildman–Crippen LogP) is 3.57. The molecule has 0 unspecified atom stereocenters. The van der Waals surface area contributed by atoms with E-state index >= 15 is 0 Å². The third-order valence-electron chi connectivity index (χ3n) is 3.20. The van der Waals surface area contributed by atoms with Gasteiger partial charge in [0.25, 0.3) is 0 Å². The molecule has 0 aliphatic rings. The molecule has 0 amide bonds. The Morgan fingerprint density at radius 1 is 1.45 bits per heavy atom. The monoisotopic (exact) mass is 292 g/mol. The van der Waals surface area contributed by atoms with Crippen LogP contribution in [0.2, 0.25) is 0 Å². The van der Waals surface area contributed by atoms with Gasteiger partial charge in [-0.1, -0.05) is 37.7 Å². The highest BCUT2D eigenvalue weighted by molar-refractivity contribution is 7.99. The van der Waals surface area contributed by atoms with Crippen LogP contribution in [-0.2, 0) is 11.3 Å². The third kappa shape index (κ3) is 3.33. The van der Waals surface area contributed by atoms with Crippen LogP contribution in [0.25, 0.3) is 11.0 Å². The van der Waals surface area contributed by atoms with Crippen LogP contribution in [0, 0.1) is 12.8 Å². The minimum absolute atomic E-state index is 0.0457. The number of benzene rings is 1. The van der Waals surface area contributed by atoms with Crippen LogP contribution in [0.4, 0.5) is 0 Å². The standard InChI is InChI=1S/C15H20N2O2S/c1-10(2)7-8-17-12-6-4-5-11(3)14(12)16-15(17)20-9-13(18)19/h4-6,10H,7-9H2,1-3H3,(H,18,19). The number of carboxylic acids is 1. The molecule has 0 aliphatic heterocycles. The van der Waals surface area contributed by atoms with E-state index in [1.54, 1.807) is 0 Å². The molecule has 2 rings (SSSR count). The van der Waals surface area contributed by atoms with Crippen LogP contribution < -0.4 is 0 Å². The number of hydrogen-bond acceptors (Lipinski definition) is 3. The van der Waals surface area contributed by atoms with Gasteiger partial charge in [-0.05, 0) is 30.9 Å². The number of nitrogens with zero attached hydrogens (tertiary/aromatic N) is 2. The maximum Gasteiger partial charge on any atom is 0.313 e. The molecule has 108 valence electrons. The van der Waals surface area contributed by atoms with Crippen LogP contribution in [0.1, 0.15) is 25.8 Å². The maximum absolute atomic E-state index is 10.8. The van der Waals surface area contributed by atoms with Gasteiger partial charge in [0, 0.05) is 6.54 Å². The lowest BCUT2D eigenvalue weighted by atomic mass is 10.1. The van der Waals surface area contributed by atoms with E-state index in [2.05, 4.69) is 29.5 Å². The molecule has 0 aliphatic carbocycles. The van der Waals surface area contributed by atoms with Crippen LogP contribution in [0.3, 0.4) is 0 Å². The van der Waals surface area contributed by atoms with Crippen molar-refractivity contribution in [3.8, 4) is 0 Å². The van der Waals surface area contributed by atoms with Crippen LogP contribution in [-0.4, -0.2) is 26.4 Å². The quantitative estimate of drug-likeness (QED) is 0.827. The molecule has 5 heteroatoms. The van der Waals surface area contributed by atoms with Crippen molar-refractivity contribution in [2.45, 2.75) is 38.9 Å². The van der Waals surface area contributed by atoms with E-state index in [1.165, 1.54) is 11.8 Å². The number of imidazole rings is 1. The van der Waals surface area contributed by atoms with Gasteiger partial charge in [-0.25, -0.2) is 4.98 Å². The fourth-order valence-electron chi connectivity index (χ4n) is 2.11. The van der Waals surface area contributed by atoms with Gasteiger partial charge in [0.1, 0.15) is 0 Å². The summed E-state index contributed by atoms with van der Waals surface area (Å²) < 4.78 is 2.15. The highest BCUT2D eigenvalue weighted by Gasteiger charge is 2.14. The van der Waals surface area contributed by atoms with Gasteiger partial charge in [0.05, 0.1) is 16.8 Å². The number of aryl methyl sites for hydroxylation is 2. The zero-order valence-electron chi connectivity index (χ0n) is 12.1. The van der Waals surface area contributed by atoms with Crippen molar-refractivity contribution < 1.29 is 9.90 Å². The zero-order chi connectivity index (χ0) is 14.7. The van der Waals surface area contributed by atoms with Gasteiger partial charge in [0.15, 0.2) is 5.16 Å². The lowest BCUT2D eigenvalue weighted by Crippen LogP contribution is -2.05. The first-order chi connectivity index (χ1) is 9.49. The fourth-order valence-corrected chi connectivity index (χ4v) is 2.86. The first-order valence-electron chi connectivity index (χ1n) is 6.79. The lowest BCUT2D eigenvalue weighted by molar-refractivity contribution is -0.133. The van der Waals surface area contributed by atoms with Crippen molar-refractivity contribution in [2.24, 2.45) is 5.92 Å². The second kappa shape index (κ2) is 6.31. The average molecular weight is 292 g/mol. The molecule has 0 atom stereocenters. The fraction of sp³-hybridized carbons (Fsp3) is 0.467. The van der Waals surface area contributed by atoms with Crippen molar-refractivity contribution in [3.63, 3.8) is 0 Å². The molecule has 1 heterocycles. The minimum Gasteiger partial charge on any atom is -0.481 e. The molecule has 0 spiro atoms. The third-order valence-corrected chi connectivity index (χ3v) is 4.16. The Morgan fingerprint density at radius 3 is 2.85 bits per heavy atom. The minimum atomic E-state index is -0.811. The van der Waals surface area contributed by atoms with E-state index in [9.17, 15) is 4.79 Å². The number of fused-ring (bicyclic) bond motifs is 1. The summed E-state index contributed by atoms with van der Waals surface area (Å²) in [5.41, 5.74) is 3.20. The molecule has 4 nitrogen and oxygen atoms in total. The van der Waals surface area contributed by atoms with Crippen molar-refractivity contribution >= 4 is 28.8 Å². The van der Waals surface area contributed by atoms with Gasteiger partial charge in [-0.3, -0.25) is 4.79 Å². The van der Waals surface area contributed by atoms with Crippen molar-refractivity contribution in [1.82, 2.24) is 9.55 Å². The molecular formula is C15H20N2O2S. The molecule has 0 radical (unpaired) electrons. The van der Waals surface area contributed by atoms with Gasteiger partial charge in [-0.15, -0.1) is 0 Å². The number of aromatic nitrogens is 2. The van der Waals surface area contributed by atoms with Gasteiger partial charge >= 0.3 is 5.97 Å². The molecule has 1 N–H and O–H groups in total. The number of para-hydroxylation sites is 1. The summed E-state index contributed by atoms with van der Waals surface area (Å²) in [5, 5.41) is 9.66. The van der Waals surface area contributed by atoms with Crippen molar-refractivity contribution in [1.29, 1.82) is 0 Å². The van der Waals surface area contributed by atoms with Crippen LogP contribution in [0.15, 0.2) is 23.4 Å². The average Bonchev–Trinajstić information content (AvgIpc) is 2.73. The largest absolute Gasteiger partial charge is 0.481 e. The summed E-state index contributed by atoms with van der Waals surface area (Å²) in [7, 11) is 0. The Balaban J connectivity index is 2.39. The second-order valence-corrected chi connectivity index (χ2v) is 6.30. The normalized spacial score (nSPS) is 11.4. The van der Waals surface area contributed by atoms with Crippen molar-refractivity contribution in [3.05, 3.63) is 23.8 Å². The Kier molecular flexibility index (Phi) is 4.70.